The number of hydrogen-bond donors (Lipinski definition) is 0. The average molecular weight is 402 g/mol. The lowest BCUT2D eigenvalue weighted by Crippen LogP contribution is -2.55. The topological polar surface area (TPSA) is 105 Å². The molecule has 0 unspecified atom stereocenters. The first kappa shape index (κ1) is 20.3. The predicted molar refractivity (Wildman–Crippen MR) is 73.0 cm³/mol. The van der Waals surface area contributed by atoms with Crippen molar-refractivity contribution in [3.63, 3.8) is 0 Å². The van der Waals surface area contributed by atoms with Crippen molar-refractivity contribution >= 4 is 79.3 Å². The minimum Gasteiger partial charge on any atom is -0.422 e. The monoisotopic (exact) mass is 400 g/mol. The van der Waals surface area contributed by atoms with Crippen molar-refractivity contribution in [2.24, 2.45) is 0 Å². The maximum Gasteiger partial charge on any atom is 0.974 e. The van der Waals surface area contributed by atoms with Crippen LogP contribution < -0.4 is 0 Å². The van der Waals surface area contributed by atoms with Crippen LogP contribution in [0, 0.1) is 0 Å². The number of halogens is 4. The maximum atomic E-state index is 11.2. The molecule has 0 aromatic carbocycles. The Morgan fingerprint density at radius 3 is 0.905 bits per heavy atom. The van der Waals surface area contributed by atoms with Gasteiger partial charge in [0.15, 0.2) is 0 Å². The third-order valence-corrected chi connectivity index (χ3v) is 4.18. The van der Waals surface area contributed by atoms with Crippen LogP contribution in [0.15, 0.2) is 0 Å². The summed E-state index contributed by atoms with van der Waals surface area (Å²) < 4.78 is 18.3. The van der Waals surface area contributed by atoms with E-state index in [1.54, 1.807) is 0 Å². The quantitative estimate of drug-likeness (QED) is 0.428. The van der Waals surface area contributed by atoms with Crippen molar-refractivity contribution < 1.29 is 36.9 Å². The summed E-state index contributed by atoms with van der Waals surface area (Å²) in [5.74, 6) is -7.45. The molecule has 0 heterocycles. The number of hydrogen-bond acceptors (Lipinski definition) is 8. The molecule has 0 aliphatic rings. The smallest absolute Gasteiger partial charge is 0.422 e. The Morgan fingerprint density at radius 1 is 0.571 bits per heavy atom. The number of carbonyl (C=O) groups is 4. The van der Waals surface area contributed by atoms with E-state index < -0.39 is 56.4 Å². The Labute approximate surface area is 139 Å². The van der Waals surface area contributed by atoms with Gasteiger partial charge in [0.05, 0.1) is 0 Å². The summed E-state index contributed by atoms with van der Waals surface area (Å²) in [6.07, 6.45) is 0. The molecular weight excluding hydrogens is 394 g/mol. The SMILES string of the molecule is O=C(CCl)O[Si](OC(=O)CCl)(OC(=O)CCl)OC(=O)CCl. The molecule has 0 rings (SSSR count). The molecule has 0 saturated carbocycles. The van der Waals surface area contributed by atoms with Gasteiger partial charge >= 0.3 is 32.9 Å². The Balaban J connectivity index is 5.43. The second-order valence-electron chi connectivity index (χ2n) is 2.93. The highest BCUT2D eigenvalue weighted by molar-refractivity contribution is 6.62. The molecule has 0 aromatic heterocycles. The number of carbonyl (C=O) groups excluding carboxylic acids is 4. The Morgan fingerprint density at radius 2 is 0.762 bits per heavy atom. The van der Waals surface area contributed by atoms with Crippen molar-refractivity contribution in [3.8, 4) is 0 Å². The van der Waals surface area contributed by atoms with E-state index in [9.17, 15) is 19.2 Å². The molecule has 0 amide bonds. The fourth-order valence-electron chi connectivity index (χ4n) is 0.792. The van der Waals surface area contributed by atoms with Gasteiger partial charge in [-0.05, 0) is 0 Å². The van der Waals surface area contributed by atoms with Crippen LogP contribution in [0.25, 0.3) is 0 Å². The van der Waals surface area contributed by atoms with Crippen LogP contribution in [-0.4, -0.2) is 56.4 Å². The summed E-state index contributed by atoms with van der Waals surface area (Å²) in [4.78, 5) is 45.0. The zero-order valence-corrected chi connectivity index (χ0v) is 14.1. The summed E-state index contributed by atoms with van der Waals surface area (Å²) in [5, 5.41) is 0. The van der Waals surface area contributed by atoms with E-state index in [0.717, 1.165) is 0 Å². The van der Waals surface area contributed by atoms with Gasteiger partial charge in [-0.25, -0.2) is 0 Å². The standard InChI is InChI=1S/C8H8Cl4O8Si/c9-1-5(13)17-21(18-6(14)2-10,19-7(15)3-11)20-8(16)4-12/h1-4H2. The highest BCUT2D eigenvalue weighted by Crippen LogP contribution is 2.15. The molecule has 0 radical (unpaired) electrons. The largest absolute Gasteiger partial charge is 0.974 e. The van der Waals surface area contributed by atoms with Crippen LogP contribution in [0.5, 0.6) is 0 Å². The molecule has 0 aliphatic heterocycles. The summed E-state index contributed by atoms with van der Waals surface area (Å²) in [5.41, 5.74) is 0. The second-order valence-corrected chi connectivity index (χ2v) is 5.82. The minimum absolute atomic E-state index is 0.690. The van der Waals surface area contributed by atoms with Gasteiger partial charge < -0.3 is 17.7 Å². The molecule has 21 heavy (non-hydrogen) atoms. The van der Waals surface area contributed by atoms with E-state index in [2.05, 4.69) is 17.7 Å². The first-order valence-electron chi connectivity index (χ1n) is 4.93. The van der Waals surface area contributed by atoms with Gasteiger partial charge in [0.1, 0.15) is 23.5 Å². The molecule has 0 atom stereocenters. The van der Waals surface area contributed by atoms with Crippen LogP contribution >= 0.6 is 46.4 Å². The fraction of sp³-hybridized carbons (Fsp3) is 0.500. The van der Waals surface area contributed by atoms with Gasteiger partial charge in [0.2, 0.25) is 0 Å². The van der Waals surface area contributed by atoms with E-state index >= 15 is 0 Å². The molecule has 8 nitrogen and oxygen atoms in total. The van der Waals surface area contributed by atoms with Crippen molar-refractivity contribution in [2.75, 3.05) is 23.5 Å². The first-order valence-corrected chi connectivity index (χ1v) is 8.70. The molecule has 0 bridgehead atoms. The van der Waals surface area contributed by atoms with E-state index in [1.807, 2.05) is 0 Å². The molecule has 0 N–H and O–H groups in total. The minimum atomic E-state index is -4.87. The van der Waals surface area contributed by atoms with Crippen LogP contribution in [0.4, 0.5) is 0 Å². The lowest BCUT2D eigenvalue weighted by atomic mass is 10.8. The third kappa shape index (κ3) is 7.72. The van der Waals surface area contributed by atoms with E-state index in [4.69, 9.17) is 46.4 Å². The lowest BCUT2D eigenvalue weighted by molar-refractivity contribution is -0.159. The third-order valence-electron chi connectivity index (χ3n) is 1.39. The van der Waals surface area contributed by atoms with Gasteiger partial charge in [-0.1, -0.05) is 0 Å². The van der Waals surface area contributed by atoms with E-state index in [-0.39, 0.29) is 0 Å². The Kier molecular flexibility index (Phi) is 9.71. The number of alkyl halides is 4. The molecule has 0 aromatic rings. The van der Waals surface area contributed by atoms with Gasteiger partial charge in [0.25, 0.3) is 0 Å². The molecule has 13 heteroatoms. The van der Waals surface area contributed by atoms with Crippen molar-refractivity contribution in [1.82, 2.24) is 0 Å². The highest BCUT2D eigenvalue weighted by atomic mass is 35.5. The lowest BCUT2D eigenvalue weighted by Gasteiger charge is -2.23. The predicted octanol–water partition coefficient (Wildman–Crippen LogP) is 0.550. The van der Waals surface area contributed by atoms with Crippen LogP contribution in [0.1, 0.15) is 0 Å². The second kappa shape index (κ2) is 10.1. The van der Waals surface area contributed by atoms with Crippen LogP contribution in [0.2, 0.25) is 0 Å². The Hall–Kier alpha value is -0.743. The zero-order chi connectivity index (χ0) is 16.5. The van der Waals surface area contributed by atoms with Gasteiger partial charge in [-0.2, -0.15) is 0 Å². The van der Waals surface area contributed by atoms with E-state index in [1.165, 1.54) is 0 Å². The van der Waals surface area contributed by atoms with Crippen LogP contribution in [0.3, 0.4) is 0 Å². The fourth-order valence-corrected chi connectivity index (χ4v) is 3.03. The molecule has 0 aliphatic carbocycles. The molecule has 0 spiro atoms. The normalized spacial score (nSPS) is 10.5. The van der Waals surface area contributed by atoms with Crippen LogP contribution in [-0.2, 0) is 36.9 Å². The average Bonchev–Trinajstić information content (AvgIpc) is 2.46. The van der Waals surface area contributed by atoms with E-state index in [0.29, 0.717) is 0 Å². The molecule has 0 saturated heterocycles. The zero-order valence-electron chi connectivity index (χ0n) is 10.1. The van der Waals surface area contributed by atoms with Crippen molar-refractivity contribution in [2.45, 2.75) is 0 Å². The maximum absolute atomic E-state index is 11.2. The molecule has 0 fully saturated rings. The summed E-state index contributed by atoms with van der Waals surface area (Å²) in [6, 6.07) is 0. The highest BCUT2D eigenvalue weighted by Gasteiger charge is 2.62. The first-order chi connectivity index (χ1) is 9.82. The van der Waals surface area contributed by atoms with Gasteiger partial charge in [-0.3, -0.25) is 19.2 Å². The molecule has 120 valence electrons. The van der Waals surface area contributed by atoms with Gasteiger partial charge in [-0.15, -0.1) is 46.4 Å². The summed E-state index contributed by atoms with van der Waals surface area (Å²) in [6.45, 7) is 0. The summed E-state index contributed by atoms with van der Waals surface area (Å²) >= 11 is 20.9. The number of rotatable bonds is 8. The molecular formula is C8H8Cl4O8Si. The van der Waals surface area contributed by atoms with Gasteiger partial charge in [0, 0.05) is 0 Å². The van der Waals surface area contributed by atoms with Crippen molar-refractivity contribution in [3.05, 3.63) is 0 Å². The Bertz CT molecular complexity index is 340. The summed E-state index contributed by atoms with van der Waals surface area (Å²) in [7, 11) is -4.87. The van der Waals surface area contributed by atoms with Crippen molar-refractivity contribution in [1.29, 1.82) is 0 Å².